The van der Waals surface area contributed by atoms with Gasteiger partial charge in [-0.2, -0.15) is 4.51 Å². The van der Waals surface area contributed by atoms with Crippen molar-refractivity contribution in [3.63, 3.8) is 0 Å². The maximum Gasteiger partial charge on any atom is 0.322 e. The molecule has 2 N–H and O–H groups in total. The average molecular weight is 207 g/mol. The first-order valence-corrected chi connectivity index (χ1v) is 4.01. The van der Waals surface area contributed by atoms with E-state index in [9.17, 15) is 9.59 Å². The molecule has 0 saturated heterocycles. The molecule has 0 aliphatic heterocycles. The number of carbonyl (C=O) groups excluding carboxylic acids is 1. The van der Waals surface area contributed by atoms with E-state index in [1.807, 2.05) is 0 Å². The highest BCUT2D eigenvalue weighted by Gasteiger charge is 2.15. The van der Waals surface area contributed by atoms with Gasteiger partial charge in [0.2, 0.25) is 0 Å². The molecule has 74 valence electrons. The molecule has 1 amide bonds. The van der Waals surface area contributed by atoms with Crippen molar-refractivity contribution < 1.29 is 14.7 Å². The molecule has 5 nitrogen and oxygen atoms in total. The number of hydrogen-bond donors (Lipinski definition) is 2. The van der Waals surface area contributed by atoms with Gasteiger partial charge in [-0.3, -0.25) is 9.59 Å². The van der Waals surface area contributed by atoms with Crippen LogP contribution in [0, 0.1) is 5.92 Å². The minimum absolute atomic E-state index is 0.128. The molecule has 0 aromatic carbocycles. The number of carboxylic acids is 1. The van der Waals surface area contributed by atoms with Gasteiger partial charge in [0, 0.05) is 17.7 Å². The molecule has 0 radical (unpaired) electrons. The summed E-state index contributed by atoms with van der Waals surface area (Å²) < 4.78 is 3.25. The summed E-state index contributed by atoms with van der Waals surface area (Å²) in [4.78, 5) is 21.2. The number of halogens is 1. The molecule has 0 bridgehead atoms. The summed E-state index contributed by atoms with van der Waals surface area (Å²) in [6.07, 6.45) is 0. The fourth-order valence-electron chi connectivity index (χ4n) is 0.645. The second-order valence-corrected chi connectivity index (χ2v) is 2.87. The number of amides is 1. The Balaban J connectivity index is 4.17. The van der Waals surface area contributed by atoms with E-state index in [0.717, 1.165) is 0 Å². The van der Waals surface area contributed by atoms with Crippen LogP contribution in [0.25, 0.3) is 0 Å². The molecule has 0 fully saturated rings. The molecule has 0 aliphatic carbocycles. The molecule has 0 aliphatic rings. The maximum absolute atomic E-state index is 11.1. The largest absolute Gasteiger partial charge is 0.480 e. The van der Waals surface area contributed by atoms with Gasteiger partial charge in [0.05, 0.1) is 0 Å². The van der Waals surface area contributed by atoms with Gasteiger partial charge in [0.1, 0.15) is 12.3 Å². The fraction of sp³-hybridized carbons (Fsp3) is 0.571. The van der Waals surface area contributed by atoms with Gasteiger partial charge in [0.25, 0.3) is 5.91 Å². The quantitative estimate of drug-likeness (QED) is 0.655. The molecule has 0 atom stereocenters. The summed E-state index contributed by atoms with van der Waals surface area (Å²) in [5, 5.41) is 10.4. The first-order chi connectivity index (χ1) is 5.99. The Bertz CT molecular complexity index is 238. The molecule has 6 heteroatoms. The van der Waals surface area contributed by atoms with Crippen molar-refractivity contribution in [1.82, 2.24) is 5.32 Å². The van der Waals surface area contributed by atoms with E-state index in [-0.39, 0.29) is 11.6 Å². The highest BCUT2D eigenvalue weighted by atomic mass is 35.5. The number of aliphatic carboxylic acids is 1. The lowest BCUT2D eigenvalue weighted by atomic mass is 10.1. The normalized spacial score (nSPS) is 11.5. The second kappa shape index (κ2) is 5.53. The Labute approximate surface area is 80.9 Å². The van der Waals surface area contributed by atoms with Gasteiger partial charge in [-0.1, -0.05) is 13.8 Å². The van der Waals surface area contributed by atoms with Crippen LogP contribution >= 0.6 is 11.8 Å². The number of nitrogens with zero attached hydrogens (tertiary/aromatic N) is 1. The lowest BCUT2D eigenvalue weighted by Crippen LogP contribution is -2.36. The van der Waals surface area contributed by atoms with Crippen molar-refractivity contribution in [2.75, 3.05) is 6.54 Å². The second-order valence-electron chi connectivity index (χ2n) is 2.70. The van der Waals surface area contributed by atoms with Gasteiger partial charge in [-0.05, 0) is 0 Å². The third-order valence-electron chi connectivity index (χ3n) is 1.27. The van der Waals surface area contributed by atoms with E-state index in [1.165, 1.54) is 0 Å². The van der Waals surface area contributed by atoms with Crippen molar-refractivity contribution in [1.29, 1.82) is 0 Å². The summed E-state index contributed by atoms with van der Waals surface area (Å²) >= 11 is 5.15. The number of carbonyl (C=O) groups is 2. The molecule has 0 aromatic rings. The van der Waals surface area contributed by atoms with E-state index < -0.39 is 18.4 Å². The zero-order chi connectivity index (χ0) is 10.4. The molecule has 0 saturated carbocycles. The summed E-state index contributed by atoms with van der Waals surface area (Å²) in [6, 6.07) is 0. The van der Waals surface area contributed by atoms with Crippen LogP contribution in [-0.4, -0.2) is 29.2 Å². The Kier molecular flexibility index (Phi) is 5.06. The smallest absolute Gasteiger partial charge is 0.322 e. The van der Waals surface area contributed by atoms with Crippen LogP contribution in [0.4, 0.5) is 0 Å². The summed E-state index contributed by atoms with van der Waals surface area (Å²) in [5.41, 5.74) is 0.128. The van der Waals surface area contributed by atoms with Gasteiger partial charge < -0.3 is 10.4 Å². The lowest BCUT2D eigenvalue weighted by molar-refractivity contribution is -0.137. The molecule has 13 heavy (non-hydrogen) atoms. The van der Waals surface area contributed by atoms with Crippen molar-refractivity contribution in [2.45, 2.75) is 13.8 Å². The molecule has 0 heterocycles. The van der Waals surface area contributed by atoms with Crippen LogP contribution in [0.1, 0.15) is 13.8 Å². The number of hydrogen-bond acceptors (Lipinski definition) is 3. The summed E-state index contributed by atoms with van der Waals surface area (Å²) in [5.74, 6) is -1.79. The lowest BCUT2D eigenvalue weighted by Gasteiger charge is -2.06. The molecule has 0 rings (SSSR count). The van der Waals surface area contributed by atoms with Crippen molar-refractivity contribution in [3.8, 4) is 0 Å². The zero-order valence-electron chi connectivity index (χ0n) is 7.37. The minimum Gasteiger partial charge on any atom is -0.480 e. The Hall–Kier alpha value is -1.10. The fourth-order valence-corrected chi connectivity index (χ4v) is 0.917. The van der Waals surface area contributed by atoms with Crippen molar-refractivity contribution >= 4 is 29.4 Å². The van der Waals surface area contributed by atoms with Gasteiger partial charge in [0.15, 0.2) is 0 Å². The predicted octanol–water partition coefficient (Wildman–Crippen LogP) is 0.438. The van der Waals surface area contributed by atoms with E-state index >= 15 is 0 Å². The van der Waals surface area contributed by atoms with Gasteiger partial charge >= 0.3 is 5.97 Å². The van der Waals surface area contributed by atoms with Crippen LogP contribution < -0.4 is 5.32 Å². The van der Waals surface area contributed by atoms with Gasteiger partial charge in [-0.15, -0.1) is 0 Å². The van der Waals surface area contributed by atoms with Crippen LogP contribution in [0.3, 0.4) is 0 Å². The third kappa shape index (κ3) is 4.47. The van der Waals surface area contributed by atoms with E-state index in [2.05, 4.69) is 9.83 Å². The number of carboxylic acid groups (broad SMARTS) is 1. The Morgan fingerprint density at radius 2 is 2.08 bits per heavy atom. The molecule has 0 unspecified atom stereocenters. The topological polar surface area (TPSA) is 78.8 Å². The standard InChI is InChI=1S/C7H11ClN2O3/c1-4(2)6(10-8)7(13)9-3-5(11)12/h4H,3H2,1-2H3,(H,9,13)(H,11,12)/b10-6-. The zero-order valence-corrected chi connectivity index (χ0v) is 8.13. The van der Waals surface area contributed by atoms with Crippen LogP contribution in [0.15, 0.2) is 4.51 Å². The average Bonchev–Trinajstić information content (AvgIpc) is 2.01. The van der Waals surface area contributed by atoms with Gasteiger partial charge in [-0.25, -0.2) is 0 Å². The van der Waals surface area contributed by atoms with Crippen LogP contribution in [0.2, 0.25) is 0 Å². The third-order valence-corrected chi connectivity index (χ3v) is 1.45. The number of nitrogens with one attached hydrogen (secondary N) is 1. The van der Waals surface area contributed by atoms with Crippen LogP contribution in [0.5, 0.6) is 0 Å². The molecular formula is C7H11ClN2O3. The monoisotopic (exact) mass is 206 g/mol. The summed E-state index contributed by atoms with van der Waals surface area (Å²) in [7, 11) is 0. The highest BCUT2D eigenvalue weighted by molar-refractivity contribution is 6.43. The molecule has 0 spiro atoms. The Morgan fingerprint density at radius 3 is 2.38 bits per heavy atom. The minimum atomic E-state index is -1.11. The van der Waals surface area contributed by atoms with Crippen LogP contribution in [-0.2, 0) is 9.59 Å². The molecule has 0 aromatic heterocycles. The van der Waals surface area contributed by atoms with E-state index in [0.29, 0.717) is 0 Å². The van der Waals surface area contributed by atoms with Crippen molar-refractivity contribution in [2.24, 2.45) is 10.4 Å². The Morgan fingerprint density at radius 1 is 1.54 bits per heavy atom. The maximum atomic E-state index is 11.1. The van der Waals surface area contributed by atoms with E-state index in [4.69, 9.17) is 16.9 Å². The predicted molar refractivity (Wildman–Crippen MR) is 48.8 cm³/mol. The SMILES string of the molecule is CC(C)/C(=N/Cl)C(=O)NCC(=O)O. The first kappa shape index (κ1) is 11.9. The summed E-state index contributed by atoms with van der Waals surface area (Å²) in [6.45, 7) is 3.05. The number of rotatable bonds is 4. The first-order valence-electron chi connectivity index (χ1n) is 3.67. The highest BCUT2D eigenvalue weighted by Crippen LogP contribution is 1.99. The van der Waals surface area contributed by atoms with E-state index in [1.54, 1.807) is 13.8 Å². The molecular weight excluding hydrogens is 196 g/mol. The van der Waals surface area contributed by atoms with Crippen molar-refractivity contribution in [3.05, 3.63) is 0 Å².